The number of phenolic OH excluding ortho intramolecular Hbond substituents is 1. The highest BCUT2D eigenvalue weighted by Crippen LogP contribution is 2.65. The largest absolute Gasteiger partial charge is 0.507 e. The molecule has 0 unspecified atom stereocenters. The van der Waals surface area contributed by atoms with Crippen molar-refractivity contribution in [1.29, 1.82) is 0 Å². The smallest absolute Gasteiger partial charge is 0.123 e. The number of hydrogen-bond acceptors (Lipinski definition) is 4. The molecule has 2 heterocycles. The third-order valence-electron chi connectivity index (χ3n) is 11.2. The number of nitrogens with zero attached hydrogens (tertiary/aromatic N) is 2. The maximum Gasteiger partial charge on any atom is 0.123 e. The van der Waals surface area contributed by atoms with Gasteiger partial charge in [-0.25, -0.2) is 0 Å². The predicted octanol–water partition coefficient (Wildman–Crippen LogP) is 9.54. The molecular formula is C41H48N2O2. The zero-order valence-corrected chi connectivity index (χ0v) is 27.6. The fraction of sp³-hybridized carbons (Fsp3) is 0.463. The first kappa shape index (κ1) is 28.9. The van der Waals surface area contributed by atoms with Gasteiger partial charge in [-0.1, -0.05) is 64.1 Å². The highest BCUT2D eigenvalue weighted by molar-refractivity contribution is 6.09. The van der Waals surface area contributed by atoms with Crippen molar-refractivity contribution in [3.63, 3.8) is 0 Å². The van der Waals surface area contributed by atoms with Crippen LogP contribution in [0.15, 0.2) is 66.7 Å². The number of benzene rings is 4. The molecule has 4 nitrogen and oxygen atoms in total. The Morgan fingerprint density at radius 2 is 1.33 bits per heavy atom. The van der Waals surface area contributed by atoms with E-state index in [9.17, 15) is 5.11 Å². The van der Waals surface area contributed by atoms with Gasteiger partial charge in [0.1, 0.15) is 5.75 Å². The lowest BCUT2D eigenvalue weighted by Gasteiger charge is -2.51. The fourth-order valence-electron chi connectivity index (χ4n) is 10.2. The molecule has 2 aliphatic heterocycles. The SMILES string of the molecule is CC1(C)CC(C)(C)CC2(C1)c1ccccc1-c1c2cc(O)c2cc(-c3ccc(N4CCOCC4)cc3)c(N3CCCCC3)cc12. The molecule has 3 fully saturated rings. The molecule has 0 radical (unpaired) electrons. The van der Waals surface area contributed by atoms with E-state index in [0.29, 0.717) is 5.75 Å². The zero-order chi connectivity index (χ0) is 31.0. The summed E-state index contributed by atoms with van der Waals surface area (Å²) in [5, 5.41) is 14.1. The number of ether oxygens (including phenoxy) is 1. The van der Waals surface area contributed by atoms with E-state index in [1.54, 1.807) is 0 Å². The van der Waals surface area contributed by atoms with E-state index in [1.165, 1.54) is 75.8 Å². The molecule has 4 aromatic carbocycles. The summed E-state index contributed by atoms with van der Waals surface area (Å²) in [5.74, 6) is 0.411. The normalized spacial score (nSPS) is 21.6. The molecule has 45 heavy (non-hydrogen) atoms. The average molecular weight is 601 g/mol. The maximum absolute atomic E-state index is 11.9. The molecule has 1 spiro atoms. The fourth-order valence-corrected chi connectivity index (χ4v) is 10.2. The second kappa shape index (κ2) is 10.5. The van der Waals surface area contributed by atoms with Crippen molar-refractivity contribution in [2.75, 3.05) is 49.2 Å². The quantitative estimate of drug-likeness (QED) is 0.254. The van der Waals surface area contributed by atoms with Gasteiger partial charge in [0.05, 0.1) is 13.2 Å². The molecule has 234 valence electrons. The van der Waals surface area contributed by atoms with Crippen molar-refractivity contribution in [3.05, 3.63) is 77.9 Å². The van der Waals surface area contributed by atoms with Crippen LogP contribution in [0.4, 0.5) is 11.4 Å². The van der Waals surface area contributed by atoms with Gasteiger partial charge in [0.15, 0.2) is 0 Å². The predicted molar refractivity (Wildman–Crippen MR) is 188 cm³/mol. The third kappa shape index (κ3) is 4.83. The van der Waals surface area contributed by atoms with Crippen molar-refractivity contribution in [2.24, 2.45) is 10.8 Å². The molecule has 2 aliphatic carbocycles. The summed E-state index contributed by atoms with van der Waals surface area (Å²) >= 11 is 0. The number of anilines is 2. The Kier molecular flexibility index (Phi) is 6.77. The second-order valence-electron chi connectivity index (χ2n) is 15.9. The van der Waals surface area contributed by atoms with Crippen molar-refractivity contribution in [2.45, 2.75) is 71.6 Å². The van der Waals surface area contributed by atoms with Gasteiger partial charge in [-0.2, -0.15) is 0 Å². The molecule has 0 amide bonds. The minimum Gasteiger partial charge on any atom is -0.507 e. The topological polar surface area (TPSA) is 35.9 Å². The lowest BCUT2D eigenvalue weighted by atomic mass is 9.52. The van der Waals surface area contributed by atoms with Crippen molar-refractivity contribution < 1.29 is 9.84 Å². The van der Waals surface area contributed by atoms with Gasteiger partial charge >= 0.3 is 0 Å². The highest BCUT2D eigenvalue weighted by Gasteiger charge is 2.53. The maximum atomic E-state index is 11.9. The molecule has 2 saturated heterocycles. The Hall–Kier alpha value is -3.50. The van der Waals surface area contributed by atoms with E-state index in [2.05, 4.69) is 104 Å². The summed E-state index contributed by atoms with van der Waals surface area (Å²) in [5.41, 5.74) is 10.8. The van der Waals surface area contributed by atoms with Crippen LogP contribution in [0.2, 0.25) is 0 Å². The Morgan fingerprint density at radius 1 is 0.644 bits per heavy atom. The van der Waals surface area contributed by atoms with E-state index < -0.39 is 0 Å². The van der Waals surface area contributed by atoms with E-state index >= 15 is 0 Å². The van der Waals surface area contributed by atoms with Crippen LogP contribution >= 0.6 is 0 Å². The molecule has 0 bridgehead atoms. The summed E-state index contributed by atoms with van der Waals surface area (Å²) in [7, 11) is 0. The van der Waals surface area contributed by atoms with Crippen LogP contribution in [-0.2, 0) is 10.2 Å². The van der Waals surface area contributed by atoms with Gasteiger partial charge in [-0.3, -0.25) is 0 Å². The van der Waals surface area contributed by atoms with Crippen LogP contribution in [-0.4, -0.2) is 44.5 Å². The number of morpholine rings is 1. The standard InChI is InChI=1S/C41H48N2O2/c1-39(2)25-40(3,4)27-41(26-39)34-11-7-6-10-30(34)38-33-23-36(43-16-8-5-9-17-43)31(22-32(33)37(44)24-35(38)41)28-12-14-29(15-13-28)42-18-20-45-21-19-42/h6-7,10-15,22-24,44H,5,8-9,16-21,25-27H2,1-4H3. The van der Waals surface area contributed by atoms with E-state index in [4.69, 9.17) is 4.74 Å². The highest BCUT2D eigenvalue weighted by atomic mass is 16.5. The van der Waals surface area contributed by atoms with Crippen LogP contribution in [0.3, 0.4) is 0 Å². The molecule has 4 heteroatoms. The van der Waals surface area contributed by atoms with Crippen molar-refractivity contribution in [3.8, 4) is 28.0 Å². The number of phenols is 1. The molecule has 0 aromatic heterocycles. The van der Waals surface area contributed by atoms with Crippen LogP contribution in [0.5, 0.6) is 5.75 Å². The van der Waals surface area contributed by atoms with E-state index in [-0.39, 0.29) is 16.2 Å². The molecule has 8 rings (SSSR count). The number of rotatable bonds is 3. The summed E-state index contributed by atoms with van der Waals surface area (Å²) < 4.78 is 5.59. The number of hydrogen-bond donors (Lipinski definition) is 1. The first-order chi connectivity index (χ1) is 21.6. The molecule has 1 saturated carbocycles. The lowest BCUT2D eigenvalue weighted by molar-refractivity contribution is 0.0645. The van der Waals surface area contributed by atoms with Gasteiger partial charge in [0.25, 0.3) is 0 Å². The molecule has 4 aliphatic rings. The first-order valence-corrected chi connectivity index (χ1v) is 17.3. The molecule has 0 atom stereocenters. The van der Waals surface area contributed by atoms with Crippen LogP contribution < -0.4 is 9.80 Å². The van der Waals surface area contributed by atoms with Gasteiger partial charge in [0, 0.05) is 53.9 Å². The van der Waals surface area contributed by atoms with Gasteiger partial charge in [-0.05, 0) is 113 Å². The van der Waals surface area contributed by atoms with Gasteiger partial charge in [-0.15, -0.1) is 0 Å². The van der Waals surface area contributed by atoms with Gasteiger partial charge in [0.2, 0.25) is 0 Å². The summed E-state index contributed by atoms with van der Waals surface area (Å²) in [6, 6.07) is 25.1. The van der Waals surface area contributed by atoms with Crippen LogP contribution in [0, 0.1) is 10.8 Å². The molecule has 1 N–H and O–H groups in total. The third-order valence-corrected chi connectivity index (χ3v) is 11.2. The van der Waals surface area contributed by atoms with Crippen LogP contribution in [0.1, 0.15) is 77.3 Å². The Labute approximate surface area is 269 Å². The zero-order valence-electron chi connectivity index (χ0n) is 27.6. The number of fused-ring (bicyclic) bond motifs is 7. The minimum atomic E-state index is -0.0951. The second-order valence-corrected chi connectivity index (χ2v) is 15.9. The van der Waals surface area contributed by atoms with E-state index in [1.807, 2.05) is 0 Å². The van der Waals surface area contributed by atoms with Crippen molar-refractivity contribution >= 4 is 22.1 Å². The molecular weight excluding hydrogens is 552 g/mol. The van der Waals surface area contributed by atoms with Gasteiger partial charge < -0.3 is 19.6 Å². The number of piperidine rings is 1. The average Bonchev–Trinajstić information content (AvgIpc) is 3.27. The lowest BCUT2D eigenvalue weighted by Crippen LogP contribution is -2.43. The first-order valence-electron chi connectivity index (χ1n) is 17.3. The minimum absolute atomic E-state index is 0.0951. The van der Waals surface area contributed by atoms with Crippen molar-refractivity contribution in [1.82, 2.24) is 0 Å². The summed E-state index contributed by atoms with van der Waals surface area (Å²) in [6.45, 7) is 15.4. The molecule has 4 aromatic rings. The number of aromatic hydroxyl groups is 1. The Bertz CT molecular complexity index is 1740. The Balaban J connectivity index is 1.34. The Morgan fingerprint density at radius 3 is 2.04 bits per heavy atom. The monoisotopic (exact) mass is 600 g/mol. The van der Waals surface area contributed by atoms with Crippen LogP contribution in [0.25, 0.3) is 33.0 Å². The summed E-state index contributed by atoms with van der Waals surface area (Å²) in [4.78, 5) is 5.02. The van der Waals surface area contributed by atoms with E-state index in [0.717, 1.165) is 57.6 Å². The summed E-state index contributed by atoms with van der Waals surface area (Å²) in [6.07, 6.45) is 7.16.